The van der Waals surface area contributed by atoms with Gasteiger partial charge in [0.1, 0.15) is 11.8 Å². The second-order valence-electron chi connectivity index (χ2n) is 8.69. The molecule has 22 heavy (non-hydrogen) atoms. The van der Waals surface area contributed by atoms with Gasteiger partial charge in [-0.25, -0.2) is 4.79 Å². The van der Waals surface area contributed by atoms with Gasteiger partial charge < -0.3 is 14.3 Å². The molecule has 2 atom stereocenters. The van der Waals surface area contributed by atoms with Gasteiger partial charge in [-0.15, -0.1) is 0 Å². The number of likely N-dealkylation sites (tertiary alicyclic amines) is 1. The van der Waals surface area contributed by atoms with E-state index < -0.39 is 26.2 Å². The van der Waals surface area contributed by atoms with E-state index in [-0.39, 0.29) is 11.1 Å². The molecule has 130 valence electrons. The number of ether oxygens (including phenoxy) is 1. The van der Waals surface area contributed by atoms with Crippen LogP contribution in [0.1, 0.15) is 54.4 Å². The number of aliphatic hydroxyl groups is 1. The van der Waals surface area contributed by atoms with Crippen LogP contribution in [0.15, 0.2) is 0 Å². The molecule has 0 aromatic carbocycles. The van der Waals surface area contributed by atoms with Crippen molar-refractivity contribution in [2.75, 3.05) is 6.54 Å². The van der Waals surface area contributed by atoms with Crippen molar-refractivity contribution in [2.24, 2.45) is 0 Å². The fourth-order valence-electron chi connectivity index (χ4n) is 2.13. The Hall–Kier alpha value is -0.593. The maximum absolute atomic E-state index is 12.2. The van der Waals surface area contributed by atoms with Crippen LogP contribution >= 0.6 is 0 Å². The monoisotopic (exact) mass is 331 g/mol. The Morgan fingerprint density at radius 1 is 1.14 bits per heavy atom. The van der Waals surface area contributed by atoms with E-state index in [9.17, 15) is 9.90 Å². The molecular formula is C16H33NO4Si. The van der Waals surface area contributed by atoms with Gasteiger partial charge in [-0.3, -0.25) is 4.90 Å². The third kappa shape index (κ3) is 5.24. The molecule has 1 saturated heterocycles. The summed E-state index contributed by atoms with van der Waals surface area (Å²) >= 11 is 0. The molecule has 5 nitrogen and oxygen atoms in total. The molecule has 1 aliphatic rings. The minimum absolute atomic E-state index is 0.0307. The molecule has 0 saturated carbocycles. The molecule has 0 bridgehead atoms. The second-order valence-corrected chi connectivity index (χ2v) is 13.4. The number of amides is 1. The van der Waals surface area contributed by atoms with Crippen LogP contribution in [0.5, 0.6) is 0 Å². The number of carbonyl (C=O) groups excluding carboxylic acids is 1. The summed E-state index contributed by atoms with van der Waals surface area (Å²) in [5.41, 5.74) is -0.565. The lowest BCUT2D eigenvalue weighted by Crippen LogP contribution is -2.54. The molecule has 0 aromatic rings. The van der Waals surface area contributed by atoms with E-state index in [0.717, 1.165) is 6.42 Å². The van der Waals surface area contributed by atoms with Crippen LogP contribution in [-0.2, 0) is 9.16 Å². The highest BCUT2D eigenvalue weighted by molar-refractivity contribution is 6.74. The molecule has 1 aliphatic heterocycles. The third-order valence-electron chi connectivity index (χ3n) is 4.40. The summed E-state index contributed by atoms with van der Waals surface area (Å²) in [5.74, 6) is 0. The van der Waals surface area contributed by atoms with Crippen molar-refractivity contribution in [3.63, 3.8) is 0 Å². The summed E-state index contributed by atoms with van der Waals surface area (Å²) in [5, 5.41) is 10.2. The Balaban J connectivity index is 2.73. The van der Waals surface area contributed by atoms with Crippen LogP contribution in [0.3, 0.4) is 0 Å². The number of hydrogen-bond acceptors (Lipinski definition) is 4. The number of hydrogen-bond donors (Lipinski definition) is 1. The molecule has 1 fully saturated rings. The van der Waals surface area contributed by atoms with E-state index in [1.807, 2.05) is 20.8 Å². The SMILES string of the molecule is CC(C)(C)OC(=O)N1CC(O[Si](C)(C)C(C)(C)C)CCC1O. The molecule has 0 radical (unpaired) electrons. The Labute approximate surface area is 136 Å². The Kier molecular flexibility index (Phi) is 5.74. The number of nitrogens with zero attached hydrogens (tertiary/aromatic N) is 1. The maximum atomic E-state index is 12.2. The normalized spacial score (nSPS) is 24.3. The lowest BCUT2D eigenvalue weighted by molar-refractivity contribution is -0.0698. The zero-order chi connectivity index (χ0) is 17.3. The lowest BCUT2D eigenvalue weighted by Gasteiger charge is -2.43. The van der Waals surface area contributed by atoms with Gasteiger partial charge in [0.05, 0.1) is 12.6 Å². The average Bonchev–Trinajstić information content (AvgIpc) is 2.27. The van der Waals surface area contributed by atoms with E-state index in [2.05, 4.69) is 33.9 Å². The predicted molar refractivity (Wildman–Crippen MR) is 90.3 cm³/mol. The standard InChI is InChI=1S/C16H33NO4Si/c1-15(2,3)20-14(19)17-11-12(9-10-13(17)18)21-22(7,8)16(4,5)6/h12-13,18H,9-11H2,1-8H3. The van der Waals surface area contributed by atoms with Crippen molar-refractivity contribution in [2.45, 2.75) is 90.4 Å². The summed E-state index contributed by atoms with van der Waals surface area (Å²) in [6, 6.07) is 0. The summed E-state index contributed by atoms with van der Waals surface area (Å²) in [7, 11) is -1.89. The van der Waals surface area contributed by atoms with Gasteiger partial charge in [-0.2, -0.15) is 0 Å². The van der Waals surface area contributed by atoms with Crippen molar-refractivity contribution in [1.82, 2.24) is 4.90 Å². The fraction of sp³-hybridized carbons (Fsp3) is 0.938. The van der Waals surface area contributed by atoms with Crippen molar-refractivity contribution in [3.05, 3.63) is 0 Å². The van der Waals surface area contributed by atoms with E-state index in [0.29, 0.717) is 13.0 Å². The first-order valence-electron chi connectivity index (χ1n) is 8.08. The molecule has 1 amide bonds. The molecule has 0 aromatic heterocycles. The zero-order valence-electron chi connectivity index (χ0n) is 15.4. The molecule has 0 spiro atoms. The average molecular weight is 332 g/mol. The summed E-state index contributed by atoms with van der Waals surface area (Å²) in [6.45, 7) is 16.9. The highest BCUT2D eigenvalue weighted by atomic mass is 28.4. The molecule has 0 aliphatic carbocycles. The van der Waals surface area contributed by atoms with Crippen molar-refractivity contribution < 1.29 is 19.1 Å². The van der Waals surface area contributed by atoms with E-state index in [1.54, 1.807) is 0 Å². The fourth-order valence-corrected chi connectivity index (χ4v) is 3.51. The first-order chi connectivity index (χ1) is 9.73. The maximum Gasteiger partial charge on any atom is 0.412 e. The lowest BCUT2D eigenvalue weighted by atomic mass is 10.1. The van der Waals surface area contributed by atoms with E-state index in [4.69, 9.17) is 9.16 Å². The first-order valence-corrected chi connectivity index (χ1v) is 11.0. The first kappa shape index (κ1) is 19.5. The molecular weight excluding hydrogens is 298 g/mol. The predicted octanol–water partition coefficient (Wildman–Crippen LogP) is 3.73. The Morgan fingerprint density at radius 2 is 1.68 bits per heavy atom. The molecule has 1 N–H and O–H groups in total. The van der Waals surface area contributed by atoms with Gasteiger partial charge in [-0.05, 0) is 51.7 Å². The highest BCUT2D eigenvalue weighted by Crippen LogP contribution is 2.38. The van der Waals surface area contributed by atoms with Crippen LogP contribution in [0.25, 0.3) is 0 Å². The second kappa shape index (κ2) is 6.49. The van der Waals surface area contributed by atoms with Gasteiger partial charge in [0.15, 0.2) is 8.32 Å². The minimum Gasteiger partial charge on any atom is -0.444 e. The van der Waals surface area contributed by atoms with Gasteiger partial charge in [-0.1, -0.05) is 20.8 Å². The molecule has 1 heterocycles. The summed E-state index contributed by atoms with van der Waals surface area (Å²) in [6.07, 6.45) is 0.0142. The smallest absolute Gasteiger partial charge is 0.412 e. The van der Waals surface area contributed by atoms with E-state index in [1.165, 1.54) is 4.90 Å². The van der Waals surface area contributed by atoms with Gasteiger partial charge >= 0.3 is 6.09 Å². The molecule has 1 rings (SSSR count). The number of piperidine rings is 1. The van der Waals surface area contributed by atoms with Gasteiger partial charge in [0.2, 0.25) is 0 Å². The van der Waals surface area contributed by atoms with Crippen LogP contribution in [0.2, 0.25) is 18.1 Å². The number of rotatable bonds is 2. The Morgan fingerprint density at radius 3 is 2.14 bits per heavy atom. The highest BCUT2D eigenvalue weighted by Gasteiger charge is 2.42. The third-order valence-corrected chi connectivity index (χ3v) is 8.94. The van der Waals surface area contributed by atoms with Crippen molar-refractivity contribution in [1.29, 1.82) is 0 Å². The number of aliphatic hydroxyl groups excluding tert-OH is 1. The van der Waals surface area contributed by atoms with Crippen molar-refractivity contribution in [3.8, 4) is 0 Å². The van der Waals surface area contributed by atoms with Crippen LogP contribution < -0.4 is 0 Å². The van der Waals surface area contributed by atoms with Gasteiger partial charge in [0.25, 0.3) is 0 Å². The Bertz CT molecular complexity index is 398. The molecule has 2 unspecified atom stereocenters. The quantitative estimate of drug-likeness (QED) is 0.783. The van der Waals surface area contributed by atoms with E-state index >= 15 is 0 Å². The van der Waals surface area contributed by atoms with Crippen LogP contribution in [0.4, 0.5) is 4.79 Å². The largest absolute Gasteiger partial charge is 0.444 e. The van der Waals surface area contributed by atoms with Gasteiger partial charge in [0, 0.05) is 0 Å². The molecule has 6 heteroatoms. The summed E-state index contributed by atoms with van der Waals surface area (Å²) < 4.78 is 11.8. The van der Waals surface area contributed by atoms with Crippen LogP contribution in [0, 0.1) is 0 Å². The zero-order valence-corrected chi connectivity index (χ0v) is 16.4. The number of carbonyl (C=O) groups is 1. The minimum atomic E-state index is -1.89. The van der Waals surface area contributed by atoms with Crippen molar-refractivity contribution >= 4 is 14.4 Å². The van der Waals surface area contributed by atoms with Crippen LogP contribution in [-0.4, -0.2) is 48.9 Å². The summed E-state index contributed by atoms with van der Waals surface area (Å²) in [4.78, 5) is 13.6. The topological polar surface area (TPSA) is 59.0 Å².